The van der Waals surface area contributed by atoms with Crippen LogP contribution in [0.1, 0.15) is 25.5 Å². The summed E-state index contributed by atoms with van der Waals surface area (Å²) in [5, 5.41) is 12.9. The number of phenolic OH excluding ortho intramolecular Hbond substituents is 1. The summed E-state index contributed by atoms with van der Waals surface area (Å²) in [6.45, 7) is 4.68. The van der Waals surface area contributed by atoms with Crippen molar-refractivity contribution < 1.29 is 9.84 Å². The minimum absolute atomic E-state index is 0.115. The summed E-state index contributed by atoms with van der Waals surface area (Å²) < 4.78 is 5.47. The van der Waals surface area contributed by atoms with Crippen LogP contribution < -0.4 is 10.1 Å². The number of ether oxygens (including phenoxy) is 1. The molecule has 0 saturated heterocycles. The third-order valence-corrected chi connectivity index (χ3v) is 2.90. The molecule has 2 N–H and O–H groups in total. The molecule has 0 heterocycles. The predicted molar refractivity (Wildman–Crippen MR) is 77.8 cm³/mol. The summed E-state index contributed by atoms with van der Waals surface area (Å²) >= 11 is 0. The van der Waals surface area contributed by atoms with Crippen molar-refractivity contribution in [2.45, 2.75) is 19.9 Å². The van der Waals surface area contributed by atoms with E-state index >= 15 is 0 Å². The van der Waals surface area contributed by atoms with E-state index in [0.717, 1.165) is 17.0 Å². The normalized spacial score (nSPS) is 11.9. The van der Waals surface area contributed by atoms with Crippen molar-refractivity contribution in [1.29, 1.82) is 0 Å². The van der Waals surface area contributed by atoms with Gasteiger partial charge < -0.3 is 15.2 Å². The fourth-order valence-electron chi connectivity index (χ4n) is 1.97. The van der Waals surface area contributed by atoms with E-state index < -0.39 is 0 Å². The van der Waals surface area contributed by atoms with Gasteiger partial charge in [0.15, 0.2) is 0 Å². The number of aromatic hydroxyl groups is 1. The summed E-state index contributed by atoms with van der Waals surface area (Å²) in [5.41, 5.74) is 2.05. The fourth-order valence-corrected chi connectivity index (χ4v) is 1.97. The zero-order valence-corrected chi connectivity index (χ0v) is 11.3. The second-order valence-electron chi connectivity index (χ2n) is 4.42. The molecule has 3 nitrogen and oxygen atoms in total. The average Bonchev–Trinajstić information content (AvgIpc) is 2.39. The van der Waals surface area contributed by atoms with E-state index in [4.69, 9.17) is 4.74 Å². The lowest BCUT2D eigenvalue weighted by Crippen LogP contribution is -2.06. The van der Waals surface area contributed by atoms with Gasteiger partial charge >= 0.3 is 0 Å². The molecule has 0 spiro atoms. The van der Waals surface area contributed by atoms with Crippen LogP contribution in [-0.2, 0) is 0 Å². The molecule has 0 fully saturated rings. The molecule has 1 unspecified atom stereocenters. The summed E-state index contributed by atoms with van der Waals surface area (Å²) in [6.07, 6.45) is 0. The Morgan fingerprint density at radius 1 is 1.16 bits per heavy atom. The van der Waals surface area contributed by atoms with Gasteiger partial charge in [0, 0.05) is 17.8 Å². The monoisotopic (exact) mass is 257 g/mol. The summed E-state index contributed by atoms with van der Waals surface area (Å²) in [5.74, 6) is 1.14. The van der Waals surface area contributed by atoms with Crippen LogP contribution in [0.15, 0.2) is 48.5 Å². The topological polar surface area (TPSA) is 41.5 Å². The highest BCUT2D eigenvalue weighted by Crippen LogP contribution is 2.24. The van der Waals surface area contributed by atoms with Gasteiger partial charge in [-0.25, -0.2) is 0 Å². The Morgan fingerprint density at radius 3 is 2.68 bits per heavy atom. The van der Waals surface area contributed by atoms with E-state index in [1.54, 1.807) is 12.1 Å². The van der Waals surface area contributed by atoms with Gasteiger partial charge in [-0.1, -0.05) is 18.2 Å². The number of hydrogen-bond donors (Lipinski definition) is 2. The second-order valence-corrected chi connectivity index (χ2v) is 4.42. The van der Waals surface area contributed by atoms with Gasteiger partial charge in [0.25, 0.3) is 0 Å². The van der Waals surface area contributed by atoms with E-state index in [2.05, 4.69) is 12.2 Å². The Kier molecular flexibility index (Phi) is 4.29. The predicted octanol–water partition coefficient (Wildman–Crippen LogP) is 3.96. The molecule has 1 atom stereocenters. The first kappa shape index (κ1) is 13.3. The smallest absolute Gasteiger partial charge is 0.121 e. The quantitative estimate of drug-likeness (QED) is 0.851. The first-order chi connectivity index (χ1) is 9.19. The maximum Gasteiger partial charge on any atom is 0.121 e. The zero-order chi connectivity index (χ0) is 13.7. The SMILES string of the molecule is CCOc1cccc(NC(C)c2cccc(O)c2)c1. The van der Waals surface area contributed by atoms with Crippen LogP contribution in [0.4, 0.5) is 5.69 Å². The lowest BCUT2D eigenvalue weighted by Gasteiger charge is -2.16. The Bertz CT molecular complexity index is 540. The van der Waals surface area contributed by atoms with Crippen LogP contribution >= 0.6 is 0 Å². The lowest BCUT2D eigenvalue weighted by atomic mass is 10.1. The van der Waals surface area contributed by atoms with Gasteiger partial charge in [-0.05, 0) is 43.7 Å². The molecule has 0 radical (unpaired) electrons. The molecule has 2 rings (SSSR count). The molecule has 0 aliphatic heterocycles. The van der Waals surface area contributed by atoms with Crippen LogP contribution in [-0.4, -0.2) is 11.7 Å². The highest BCUT2D eigenvalue weighted by atomic mass is 16.5. The largest absolute Gasteiger partial charge is 0.508 e. The van der Waals surface area contributed by atoms with E-state index in [-0.39, 0.29) is 11.8 Å². The molecule has 2 aromatic rings. The van der Waals surface area contributed by atoms with Gasteiger partial charge in [0.05, 0.1) is 6.61 Å². The van der Waals surface area contributed by atoms with Crippen molar-refractivity contribution in [3.8, 4) is 11.5 Å². The number of hydrogen-bond acceptors (Lipinski definition) is 3. The van der Waals surface area contributed by atoms with Crippen LogP contribution in [0.25, 0.3) is 0 Å². The Labute approximate surface area is 113 Å². The highest BCUT2D eigenvalue weighted by molar-refractivity contribution is 5.50. The van der Waals surface area contributed by atoms with Crippen molar-refractivity contribution in [1.82, 2.24) is 0 Å². The third-order valence-electron chi connectivity index (χ3n) is 2.90. The van der Waals surface area contributed by atoms with Gasteiger partial charge in [-0.2, -0.15) is 0 Å². The van der Waals surface area contributed by atoms with Crippen molar-refractivity contribution in [3.05, 3.63) is 54.1 Å². The second kappa shape index (κ2) is 6.14. The highest BCUT2D eigenvalue weighted by Gasteiger charge is 2.06. The molecule has 2 aromatic carbocycles. The molecule has 0 aliphatic rings. The Hall–Kier alpha value is -2.16. The van der Waals surface area contributed by atoms with Crippen molar-refractivity contribution in [2.24, 2.45) is 0 Å². The summed E-state index contributed by atoms with van der Waals surface area (Å²) in [7, 11) is 0. The van der Waals surface area contributed by atoms with E-state index in [1.807, 2.05) is 43.3 Å². The van der Waals surface area contributed by atoms with Crippen molar-refractivity contribution in [3.63, 3.8) is 0 Å². The molecule has 100 valence electrons. The fraction of sp³-hybridized carbons (Fsp3) is 0.250. The van der Waals surface area contributed by atoms with Gasteiger partial charge in [-0.15, -0.1) is 0 Å². The molecule has 0 aromatic heterocycles. The number of rotatable bonds is 5. The maximum atomic E-state index is 9.49. The zero-order valence-electron chi connectivity index (χ0n) is 11.3. The standard InChI is InChI=1S/C16H19NO2/c1-3-19-16-9-5-7-14(11-16)17-12(2)13-6-4-8-15(18)10-13/h4-12,17-18H,3H2,1-2H3. The third kappa shape index (κ3) is 3.65. The molecule has 0 bridgehead atoms. The maximum absolute atomic E-state index is 9.49. The van der Waals surface area contributed by atoms with Crippen LogP contribution in [0.2, 0.25) is 0 Å². The minimum atomic E-state index is 0.115. The van der Waals surface area contributed by atoms with Crippen molar-refractivity contribution >= 4 is 5.69 Å². The molecular formula is C16H19NO2. The molecule has 19 heavy (non-hydrogen) atoms. The first-order valence-corrected chi connectivity index (χ1v) is 6.47. The van der Waals surface area contributed by atoms with E-state index in [0.29, 0.717) is 6.61 Å². The van der Waals surface area contributed by atoms with Gasteiger partial charge in [0.1, 0.15) is 11.5 Å². The lowest BCUT2D eigenvalue weighted by molar-refractivity contribution is 0.340. The average molecular weight is 257 g/mol. The van der Waals surface area contributed by atoms with E-state index in [1.165, 1.54) is 0 Å². The molecule has 0 aliphatic carbocycles. The van der Waals surface area contributed by atoms with Crippen LogP contribution in [0.3, 0.4) is 0 Å². The summed E-state index contributed by atoms with van der Waals surface area (Å²) in [6, 6.07) is 15.3. The molecular weight excluding hydrogens is 238 g/mol. The number of anilines is 1. The van der Waals surface area contributed by atoms with Crippen LogP contribution in [0.5, 0.6) is 11.5 Å². The van der Waals surface area contributed by atoms with Gasteiger partial charge in [0.2, 0.25) is 0 Å². The Balaban J connectivity index is 2.10. The summed E-state index contributed by atoms with van der Waals surface area (Å²) in [4.78, 5) is 0. The van der Waals surface area contributed by atoms with E-state index in [9.17, 15) is 5.11 Å². The number of benzene rings is 2. The minimum Gasteiger partial charge on any atom is -0.508 e. The Morgan fingerprint density at radius 2 is 1.95 bits per heavy atom. The molecule has 0 saturated carbocycles. The van der Waals surface area contributed by atoms with Crippen LogP contribution in [0, 0.1) is 0 Å². The van der Waals surface area contributed by atoms with Gasteiger partial charge in [-0.3, -0.25) is 0 Å². The number of phenols is 1. The molecule has 0 amide bonds. The molecule has 3 heteroatoms. The first-order valence-electron chi connectivity index (χ1n) is 6.47. The van der Waals surface area contributed by atoms with Crippen molar-refractivity contribution in [2.75, 3.05) is 11.9 Å². The number of nitrogens with one attached hydrogen (secondary N) is 1.